The zero-order valence-corrected chi connectivity index (χ0v) is 16.2. The summed E-state index contributed by atoms with van der Waals surface area (Å²) >= 11 is 1.61. The highest BCUT2D eigenvalue weighted by Crippen LogP contribution is 2.31. The van der Waals surface area contributed by atoms with Gasteiger partial charge in [0.15, 0.2) is 11.5 Å². The monoisotopic (exact) mass is 370 g/mol. The molecule has 1 heterocycles. The predicted octanol–water partition coefficient (Wildman–Crippen LogP) is 4.54. The van der Waals surface area contributed by atoms with Gasteiger partial charge >= 0.3 is 0 Å². The van der Waals surface area contributed by atoms with Gasteiger partial charge in [0.2, 0.25) is 0 Å². The van der Waals surface area contributed by atoms with Gasteiger partial charge in [0.1, 0.15) is 5.01 Å². The molecule has 0 radical (unpaired) electrons. The second-order valence-corrected chi connectivity index (χ2v) is 6.97. The average Bonchev–Trinajstić information content (AvgIpc) is 3.11. The molecule has 2 aromatic carbocycles. The van der Waals surface area contributed by atoms with Gasteiger partial charge in [-0.25, -0.2) is 4.98 Å². The summed E-state index contributed by atoms with van der Waals surface area (Å²) in [7, 11) is 3.36. The normalized spacial score (nSPS) is 12.0. The van der Waals surface area contributed by atoms with Crippen LogP contribution >= 0.6 is 11.3 Å². The Labute approximate surface area is 157 Å². The van der Waals surface area contributed by atoms with E-state index in [0.29, 0.717) is 23.7 Å². The Morgan fingerprint density at radius 3 is 2.69 bits per heavy atom. The lowest BCUT2D eigenvalue weighted by atomic mass is 10.1. The van der Waals surface area contributed by atoms with Gasteiger partial charge in [-0.1, -0.05) is 12.1 Å². The molecule has 0 saturated heterocycles. The summed E-state index contributed by atoms with van der Waals surface area (Å²) in [6.07, 6.45) is 0. The van der Waals surface area contributed by atoms with Crippen molar-refractivity contribution in [2.75, 3.05) is 20.8 Å². The molecule has 0 aliphatic carbocycles. The molecule has 0 unspecified atom stereocenters. The highest BCUT2D eigenvalue weighted by Gasteiger charge is 2.22. The molecule has 0 spiro atoms. The maximum atomic E-state index is 12.9. The summed E-state index contributed by atoms with van der Waals surface area (Å²) in [6.45, 7) is 4.44. The summed E-state index contributed by atoms with van der Waals surface area (Å²) in [4.78, 5) is 19.3. The molecule has 1 aromatic heterocycles. The maximum Gasteiger partial charge on any atom is 0.254 e. The minimum absolute atomic E-state index is 0.0851. The Balaban J connectivity index is 1.84. The van der Waals surface area contributed by atoms with E-state index < -0.39 is 0 Å². The summed E-state index contributed by atoms with van der Waals surface area (Å²) in [5.74, 6) is 1.10. The SMILES string of the molecule is CCOc1ccc(C(=O)N(C)[C@H](C)c2nc3ccccc3s2)cc1OC. The van der Waals surface area contributed by atoms with Gasteiger partial charge in [0, 0.05) is 12.6 Å². The van der Waals surface area contributed by atoms with Crippen LogP contribution in [0.5, 0.6) is 11.5 Å². The first-order valence-corrected chi connectivity index (χ1v) is 9.30. The van der Waals surface area contributed by atoms with Crippen molar-refractivity contribution in [1.82, 2.24) is 9.88 Å². The molecule has 0 aliphatic rings. The van der Waals surface area contributed by atoms with Crippen molar-refractivity contribution >= 4 is 27.5 Å². The molecule has 0 bridgehead atoms. The molecular formula is C20H22N2O3S. The Kier molecular flexibility index (Phi) is 5.42. The third-order valence-electron chi connectivity index (χ3n) is 4.28. The number of benzene rings is 2. The Hall–Kier alpha value is -2.60. The standard InChI is InChI=1S/C20H22N2O3S/c1-5-25-16-11-10-14(12-17(16)24-4)20(23)22(3)13(2)19-21-15-8-6-7-9-18(15)26-19/h6-13H,5H2,1-4H3/t13-/m1/s1. The summed E-state index contributed by atoms with van der Waals surface area (Å²) in [5, 5.41) is 0.917. The molecule has 26 heavy (non-hydrogen) atoms. The molecule has 1 atom stereocenters. The number of ether oxygens (including phenoxy) is 2. The van der Waals surface area contributed by atoms with Crippen molar-refractivity contribution in [3.8, 4) is 11.5 Å². The Morgan fingerprint density at radius 1 is 1.23 bits per heavy atom. The van der Waals surface area contributed by atoms with Crippen LogP contribution in [-0.2, 0) is 0 Å². The highest BCUT2D eigenvalue weighted by molar-refractivity contribution is 7.18. The van der Waals surface area contributed by atoms with E-state index >= 15 is 0 Å². The molecular weight excluding hydrogens is 348 g/mol. The number of carbonyl (C=O) groups is 1. The van der Waals surface area contributed by atoms with Gasteiger partial charge in [0.25, 0.3) is 5.91 Å². The van der Waals surface area contributed by atoms with Crippen LogP contribution < -0.4 is 9.47 Å². The molecule has 0 N–H and O–H groups in total. The van der Waals surface area contributed by atoms with Crippen LogP contribution in [0.3, 0.4) is 0 Å². The molecule has 3 rings (SSSR count). The summed E-state index contributed by atoms with van der Waals surface area (Å²) in [6, 6.07) is 13.1. The van der Waals surface area contributed by atoms with Crippen molar-refractivity contribution < 1.29 is 14.3 Å². The van der Waals surface area contributed by atoms with E-state index in [4.69, 9.17) is 9.47 Å². The quantitative estimate of drug-likeness (QED) is 0.639. The van der Waals surface area contributed by atoms with Crippen LogP contribution in [0.1, 0.15) is 35.3 Å². The number of fused-ring (bicyclic) bond motifs is 1. The van der Waals surface area contributed by atoms with Crippen LogP contribution in [0.4, 0.5) is 0 Å². The molecule has 1 amide bonds. The molecule has 5 nitrogen and oxygen atoms in total. The number of hydrogen-bond donors (Lipinski definition) is 0. The third-order valence-corrected chi connectivity index (χ3v) is 5.49. The molecule has 136 valence electrons. The summed E-state index contributed by atoms with van der Waals surface area (Å²) < 4.78 is 12.0. The van der Waals surface area contributed by atoms with Gasteiger partial charge < -0.3 is 14.4 Å². The van der Waals surface area contributed by atoms with Crippen molar-refractivity contribution in [3.05, 3.63) is 53.0 Å². The smallest absolute Gasteiger partial charge is 0.254 e. The Morgan fingerprint density at radius 2 is 2.00 bits per heavy atom. The van der Waals surface area contributed by atoms with E-state index in [9.17, 15) is 4.79 Å². The number of para-hydroxylation sites is 1. The van der Waals surface area contributed by atoms with Crippen LogP contribution in [-0.4, -0.2) is 36.6 Å². The van der Waals surface area contributed by atoms with Crippen LogP contribution in [0.25, 0.3) is 10.2 Å². The van der Waals surface area contributed by atoms with Gasteiger partial charge in [-0.15, -0.1) is 11.3 Å². The number of hydrogen-bond acceptors (Lipinski definition) is 5. The first-order chi connectivity index (χ1) is 12.5. The number of rotatable bonds is 6. The molecule has 3 aromatic rings. The second kappa shape index (κ2) is 7.74. The van der Waals surface area contributed by atoms with Gasteiger partial charge in [-0.2, -0.15) is 0 Å². The van der Waals surface area contributed by atoms with Crippen LogP contribution in [0.15, 0.2) is 42.5 Å². The molecule has 0 saturated carbocycles. The van der Waals surface area contributed by atoms with E-state index in [1.807, 2.05) is 38.1 Å². The predicted molar refractivity (Wildman–Crippen MR) is 104 cm³/mol. The largest absolute Gasteiger partial charge is 0.493 e. The van der Waals surface area contributed by atoms with Crippen molar-refractivity contribution in [3.63, 3.8) is 0 Å². The first-order valence-electron chi connectivity index (χ1n) is 8.48. The van der Waals surface area contributed by atoms with Gasteiger partial charge in [0.05, 0.1) is 30.0 Å². The minimum atomic E-state index is -0.127. The fraction of sp³-hybridized carbons (Fsp3) is 0.300. The average molecular weight is 370 g/mol. The van der Waals surface area contributed by atoms with E-state index in [2.05, 4.69) is 4.98 Å². The molecule has 6 heteroatoms. The number of aromatic nitrogens is 1. The number of methoxy groups -OCH3 is 1. The molecule has 0 fully saturated rings. The zero-order chi connectivity index (χ0) is 18.7. The third kappa shape index (κ3) is 3.51. The summed E-state index contributed by atoms with van der Waals surface area (Å²) in [5.41, 5.74) is 1.52. The lowest BCUT2D eigenvalue weighted by molar-refractivity contribution is 0.0742. The Bertz CT molecular complexity index is 889. The van der Waals surface area contributed by atoms with Crippen molar-refractivity contribution in [2.24, 2.45) is 0 Å². The number of nitrogens with zero attached hydrogens (tertiary/aromatic N) is 2. The van der Waals surface area contributed by atoms with E-state index in [-0.39, 0.29) is 11.9 Å². The van der Waals surface area contributed by atoms with Crippen LogP contribution in [0, 0.1) is 0 Å². The first kappa shape index (κ1) is 18.2. The minimum Gasteiger partial charge on any atom is -0.493 e. The number of thiazole rings is 1. The van der Waals surface area contributed by atoms with Gasteiger partial charge in [-0.3, -0.25) is 4.79 Å². The van der Waals surface area contributed by atoms with Crippen LogP contribution in [0.2, 0.25) is 0 Å². The fourth-order valence-corrected chi connectivity index (χ4v) is 3.75. The zero-order valence-electron chi connectivity index (χ0n) is 15.4. The lowest BCUT2D eigenvalue weighted by Crippen LogP contribution is -2.29. The van der Waals surface area contributed by atoms with Crippen molar-refractivity contribution in [1.29, 1.82) is 0 Å². The van der Waals surface area contributed by atoms with E-state index in [0.717, 1.165) is 15.2 Å². The molecule has 0 aliphatic heterocycles. The van der Waals surface area contributed by atoms with E-state index in [1.165, 1.54) is 0 Å². The number of amides is 1. The second-order valence-electron chi connectivity index (χ2n) is 5.91. The fourth-order valence-electron chi connectivity index (χ4n) is 2.69. The topological polar surface area (TPSA) is 51.7 Å². The number of carbonyl (C=O) groups excluding carboxylic acids is 1. The lowest BCUT2D eigenvalue weighted by Gasteiger charge is -2.23. The van der Waals surface area contributed by atoms with E-state index in [1.54, 1.807) is 48.6 Å². The van der Waals surface area contributed by atoms with Crippen molar-refractivity contribution in [2.45, 2.75) is 19.9 Å². The highest BCUT2D eigenvalue weighted by atomic mass is 32.1. The maximum absolute atomic E-state index is 12.9. The van der Waals surface area contributed by atoms with Gasteiger partial charge in [-0.05, 0) is 44.2 Å².